The van der Waals surface area contributed by atoms with E-state index in [0.29, 0.717) is 10.8 Å². The van der Waals surface area contributed by atoms with E-state index in [4.69, 9.17) is 32.7 Å². The lowest BCUT2D eigenvalue weighted by molar-refractivity contribution is 0.377. The predicted octanol–water partition coefficient (Wildman–Crippen LogP) is 5.28. The first-order valence-electron chi connectivity index (χ1n) is 11.0. The Labute approximate surface area is 193 Å². The largest absolute Gasteiger partial charge is 0.370 e. The molecular weight excluding hydrogens is 420 g/mol. The molecule has 0 aliphatic heterocycles. The van der Waals surface area contributed by atoms with Gasteiger partial charge < -0.3 is 16.4 Å². The number of hydrogen-bond acceptors (Lipinski definition) is 4. The smallest absolute Gasteiger partial charge is 0.185 e. The fourth-order valence-electron chi connectivity index (χ4n) is 4.19. The molecule has 1 aliphatic carbocycles. The second kappa shape index (κ2) is 9.57. The van der Waals surface area contributed by atoms with Gasteiger partial charge in [0.25, 0.3) is 0 Å². The molecule has 0 bridgehead atoms. The molecule has 1 aliphatic rings. The fourth-order valence-corrected chi connectivity index (χ4v) is 4.31. The number of nitrogens with one attached hydrogen (secondary N) is 3. The molecule has 2 atom stereocenters. The Bertz CT molecular complexity index is 1160. The van der Waals surface area contributed by atoms with Gasteiger partial charge in [-0.05, 0) is 73.7 Å². The van der Waals surface area contributed by atoms with Crippen molar-refractivity contribution in [2.75, 3.05) is 5.32 Å². The van der Waals surface area contributed by atoms with Crippen molar-refractivity contribution in [3.8, 4) is 0 Å². The first-order valence-corrected chi connectivity index (χ1v) is 11.4. The average molecular weight is 449 g/mol. The highest BCUT2D eigenvalue weighted by Crippen LogP contribution is 2.28. The highest BCUT2D eigenvalue weighted by atomic mass is 35.5. The van der Waals surface area contributed by atoms with Crippen molar-refractivity contribution in [2.24, 2.45) is 5.73 Å². The van der Waals surface area contributed by atoms with Crippen LogP contribution in [0, 0.1) is 19.3 Å². The first kappa shape index (κ1) is 22.1. The molecule has 3 aromatic rings. The molecular formula is C25H29ClN6. The van der Waals surface area contributed by atoms with Gasteiger partial charge in [0, 0.05) is 22.5 Å². The van der Waals surface area contributed by atoms with Crippen LogP contribution in [0.15, 0.2) is 36.4 Å². The Morgan fingerprint density at radius 1 is 1.03 bits per heavy atom. The maximum atomic E-state index is 7.66. The molecule has 1 saturated carbocycles. The van der Waals surface area contributed by atoms with E-state index in [1.165, 1.54) is 11.1 Å². The Morgan fingerprint density at radius 3 is 2.44 bits per heavy atom. The van der Waals surface area contributed by atoms with Crippen LogP contribution in [0.2, 0.25) is 5.02 Å². The summed E-state index contributed by atoms with van der Waals surface area (Å²) in [5.41, 5.74) is 9.98. The number of halogens is 1. The molecule has 0 spiro atoms. The van der Waals surface area contributed by atoms with Gasteiger partial charge in [-0.25, -0.2) is 9.97 Å². The minimum absolute atomic E-state index is 0.00861. The van der Waals surface area contributed by atoms with Crippen molar-refractivity contribution in [3.05, 3.63) is 63.9 Å². The van der Waals surface area contributed by atoms with E-state index in [9.17, 15) is 0 Å². The maximum Gasteiger partial charge on any atom is 0.185 e. The Hall–Kier alpha value is -3.12. The van der Waals surface area contributed by atoms with Crippen molar-refractivity contribution in [2.45, 2.75) is 51.6 Å². The third-order valence-corrected chi connectivity index (χ3v) is 6.30. The number of fused-ring (bicyclic) bond motifs is 1. The number of anilines is 1. The van der Waals surface area contributed by atoms with Gasteiger partial charge in [-0.2, -0.15) is 0 Å². The molecule has 0 amide bonds. The molecule has 5 N–H and O–H groups in total. The second-order valence-electron chi connectivity index (χ2n) is 8.47. The van der Waals surface area contributed by atoms with Crippen LogP contribution in [0.3, 0.4) is 0 Å². The minimum atomic E-state index is 0.00861. The predicted molar refractivity (Wildman–Crippen MR) is 134 cm³/mol. The van der Waals surface area contributed by atoms with Crippen LogP contribution in [0.5, 0.6) is 0 Å². The lowest BCUT2D eigenvalue weighted by Gasteiger charge is -2.33. The van der Waals surface area contributed by atoms with Crippen LogP contribution in [0.1, 0.15) is 48.2 Å². The van der Waals surface area contributed by atoms with Crippen molar-refractivity contribution in [1.82, 2.24) is 15.3 Å². The second-order valence-corrected chi connectivity index (χ2v) is 8.91. The standard InChI is InChI=1S/C25H29ClN6/c1-15-13-19-22(14-16(15)2)29-23(12-9-17-7-10-18(26)11-8-17)32-24(19)30-20-5-3-4-6-21(20)31-25(27)28/h7-14,20-21H,3-6H2,1-2H3,(H4,27,28,31)(H,29,30,32)/b12-9-. The van der Waals surface area contributed by atoms with E-state index in [1.54, 1.807) is 0 Å². The van der Waals surface area contributed by atoms with Gasteiger partial charge in [-0.15, -0.1) is 0 Å². The number of aryl methyl sites for hydroxylation is 2. The van der Waals surface area contributed by atoms with Crippen LogP contribution in [-0.2, 0) is 0 Å². The van der Waals surface area contributed by atoms with Gasteiger partial charge in [0.15, 0.2) is 11.8 Å². The molecule has 7 heteroatoms. The van der Waals surface area contributed by atoms with Gasteiger partial charge in [0.2, 0.25) is 0 Å². The van der Waals surface area contributed by atoms with Gasteiger partial charge >= 0.3 is 0 Å². The monoisotopic (exact) mass is 448 g/mol. The summed E-state index contributed by atoms with van der Waals surface area (Å²) < 4.78 is 0. The molecule has 2 aromatic carbocycles. The fraction of sp³-hybridized carbons (Fsp3) is 0.320. The molecule has 1 heterocycles. The zero-order valence-corrected chi connectivity index (χ0v) is 19.2. The van der Waals surface area contributed by atoms with Crippen molar-refractivity contribution >= 4 is 46.4 Å². The molecule has 1 aromatic heterocycles. The van der Waals surface area contributed by atoms with E-state index in [0.717, 1.165) is 48.0 Å². The maximum absolute atomic E-state index is 7.66. The molecule has 166 valence electrons. The zero-order valence-electron chi connectivity index (χ0n) is 18.5. The molecule has 6 nitrogen and oxygen atoms in total. The van der Waals surface area contributed by atoms with E-state index in [-0.39, 0.29) is 18.0 Å². The third-order valence-electron chi connectivity index (χ3n) is 6.05. The number of nitrogens with zero attached hydrogens (tertiary/aromatic N) is 2. The lowest BCUT2D eigenvalue weighted by Crippen LogP contribution is -2.50. The van der Waals surface area contributed by atoms with Gasteiger partial charge in [0.1, 0.15) is 5.82 Å². The van der Waals surface area contributed by atoms with Crippen LogP contribution < -0.4 is 16.4 Å². The molecule has 0 radical (unpaired) electrons. The van der Waals surface area contributed by atoms with Crippen LogP contribution in [0.25, 0.3) is 23.1 Å². The van der Waals surface area contributed by atoms with Crippen LogP contribution in [0.4, 0.5) is 5.82 Å². The number of rotatable bonds is 5. The van der Waals surface area contributed by atoms with E-state index in [2.05, 4.69) is 36.6 Å². The number of hydrogen-bond donors (Lipinski definition) is 4. The quantitative estimate of drug-likeness (QED) is 0.314. The van der Waals surface area contributed by atoms with E-state index < -0.39 is 0 Å². The van der Waals surface area contributed by atoms with Crippen LogP contribution in [-0.4, -0.2) is 28.0 Å². The highest BCUT2D eigenvalue weighted by Gasteiger charge is 2.26. The van der Waals surface area contributed by atoms with Crippen molar-refractivity contribution in [3.63, 3.8) is 0 Å². The van der Waals surface area contributed by atoms with Gasteiger partial charge in [0.05, 0.1) is 5.52 Å². The van der Waals surface area contributed by atoms with Crippen LogP contribution >= 0.6 is 11.6 Å². The summed E-state index contributed by atoms with van der Waals surface area (Å²) >= 11 is 6.00. The molecule has 32 heavy (non-hydrogen) atoms. The third kappa shape index (κ3) is 5.19. The molecule has 2 unspecified atom stereocenters. The number of aromatic nitrogens is 2. The summed E-state index contributed by atoms with van der Waals surface area (Å²) in [7, 11) is 0. The Balaban J connectivity index is 1.71. The molecule has 1 fully saturated rings. The minimum Gasteiger partial charge on any atom is -0.370 e. The average Bonchev–Trinajstić information content (AvgIpc) is 2.75. The highest BCUT2D eigenvalue weighted by molar-refractivity contribution is 6.30. The van der Waals surface area contributed by atoms with Crippen molar-refractivity contribution in [1.29, 1.82) is 5.41 Å². The summed E-state index contributed by atoms with van der Waals surface area (Å²) in [6, 6.07) is 12.2. The summed E-state index contributed by atoms with van der Waals surface area (Å²) in [5.74, 6) is 1.47. The summed E-state index contributed by atoms with van der Waals surface area (Å²) in [4.78, 5) is 9.66. The van der Waals surface area contributed by atoms with Crippen molar-refractivity contribution < 1.29 is 0 Å². The normalized spacial score (nSPS) is 18.7. The first-order chi connectivity index (χ1) is 15.4. The Kier molecular flexibility index (Phi) is 6.61. The van der Waals surface area contributed by atoms with E-state index >= 15 is 0 Å². The number of benzene rings is 2. The number of nitrogens with two attached hydrogens (primary N) is 1. The molecule has 4 rings (SSSR count). The Morgan fingerprint density at radius 2 is 1.72 bits per heavy atom. The number of guanidine groups is 1. The van der Waals surface area contributed by atoms with Gasteiger partial charge in [-0.3, -0.25) is 5.41 Å². The van der Waals surface area contributed by atoms with E-state index in [1.807, 2.05) is 36.4 Å². The lowest BCUT2D eigenvalue weighted by atomic mass is 9.90. The SMILES string of the molecule is Cc1cc2nc(/C=C\c3ccc(Cl)cc3)nc(NC3CCCCC3NC(=N)N)c2cc1C. The van der Waals surface area contributed by atoms with Gasteiger partial charge in [-0.1, -0.05) is 42.7 Å². The molecule has 0 saturated heterocycles. The summed E-state index contributed by atoms with van der Waals surface area (Å²) in [6.07, 6.45) is 8.15. The zero-order chi connectivity index (χ0) is 22.7. The topological polar surface area (TPSA) is 99.7 Å². The summed E-state index contributed by atoms with van der Waals surface area (Å²) in [6.45, 7) is 4.20. The summed E-state index contributed by atoms with van der Waals surface area (Å²) in [5, 5.41) is 16.1.